The third-order valence-electron chi connectivity index (χ3n) is 5.54. The number of nitrogens with zero attached hydrogens (tertiary/aromatic N) is 4. The minimum atomic E-state index is -0.407. The lowest BCUT2D eigenvalue weighted by Gasteiger charge is -2.37. The average Bonchev–Trinajstić information content (AvgIpc) is 3.17. The molecule has 150 valence electrons. The maximum absolute atomic E-state index is 14.4. The van der Waals surface area contributed by atoms with Gasteiger partial charge < -0.3 is 14.4 Å². The van der Waals surface area contributed by atoms with Gasteiger partial charge in [-0.1, -0.05) is 12.1 Å². The van der Waals surface area contributed by atoms with Gasteiger partial charge in [0.1, 0.15) is 11.9 Å². The van der Waals surface area contributed by atoms with Crippen LogP contribution in [0, 0.1) is 5.82 Å². The number of rotatable bonds is 4. The summed E-state index contributed by atoms with van der Waals surface area (Å²) in [7, 11) is 0. The highest BCUT2D eigenvalue weighted by Crippen LogP contribution is 2.24. The van der Waals surface area contributed by atoms with Crippen molar-refractivity contribution in [2.45, 2.75) is 19.9 Å². The van der Waals surface area contributed by atoms with Gasteiger partial charge in [-0.25, -0.2) is 9.37 Å². The third-order valence-corrected chi connectivity index (χ3v) is 5.54. The number of hydrogen-bond donors (Lipinski definition) is 0. The van der Waals surface area contributed by atoms with E-state index in [-0.39, 0.29) is 17.7 Å². The fourth-order valence-electron chi connectivity index (χ4n) is 3.82. The third kappa shape index (κ3) is 3.60. The Labute approximate surface area is 168 Å². The molecule has 1 unspecified atom stereocenters. The Hall–Kier alpha value is -3.22. The van der Waals surface area contributed by atoms with Crippen molar-refractivity contribution < 1.29 is 14.0 Å². The molecule has 1 atom stereocenters. The summed E-state index contributed by atoms with van der Waals surface area (Å²) in [5, 5.41) is 0. The van der Waals surface area contributed by atoms with Gasteiger partial charge in [0, 0.05) is 31.7 Å². The number of Topliss-reactive ketones (excluding diaryl/α,β-unsaturated/α-hetero) is 1. The zero-order chi connectivity index (χ0) is 20.5. The maximum atomic E-state index is 14.4. The molecule has 6 nitrogen and oxygen atoms in total. The summed E-state index contributed by atoms with van der Waals surface area (Å²) in [6, 6.07) is 11.9. The highest BCUT2D eigenvalue weighted by atomic mass is 19.1. The molecule has 2 aromatic carbocycles. The predicted octanol–water partition coefficient (Wildman–Crippen LogP) is 3.29. The Morgan fingerprint density at radius 2 is 1.79 bits per heavy atom. The first kappa shape index (κ1) is 19.1. The molecule has 2 heterocycles. The summed E-state index contributed by atoms with van der Waals surface area (Å²) in [5.41, 5.74) is 2.62. The van der Waals surface area contributed by atoms with Crippen molar-refractivity contribution in [1.29, 1.82) is 0 Å². The van der Waals surface area contributed by atoms with E-state index in [4.69, 9.17) is 0 Å². The Morgan fingerprint density at radius 3 is 2.48 bits per heavy atom. The van der Waals surface area contributed by atoms with Crippen LogP contribution in [0.4, 0.5) is 10.1 Å². The summed E-state index contributed by atoms with van der Waals surface area (Å²) in [5.74, 6) is -0.539. The van der Waals surface area contributed by atoms with Crippen molar-refractivity contribution in [2.75, 3.05) is 31.1 Å². The number of hydrogen-bond acceptors (Lipinski definition) is 4. The van der Waals surface area contributed by atoms with Crippen LogP contribution in [-0.2, 0) is 4.79 Å². The van der Waals surface area contributed by atoms with E-state index in [1.807, 2.05) is 45.6 Å². The molecule has 0 N–H and O–H groups in total. The summed E-state index contributed by atoms with van der Waals surface area (Å²) in [4.78, 5) is 32.5. The maximum Gasteiger partial charge on any atom is 0.245 e. The molecule has 3 aromatic rings. The number of anilines is 1. The largest absolute Gasteiger partial charge is 0.366 e. The van der Waals surface area contributed by atoms with Crippen molar-refractivity contribution >= 4 is 28.4 Å². The first-order valence-electron chi connectivity index (χ1n) is 9.71. The van der Waals surface area contributed by atoms with E-state index < -0.39 is 5.82 Å². The smallest absolute Gasteiger partial charge is 0.245 e. The van der Waals surface area contributed by atoms with E-state index in [1.54, 1.807) is 18.5 Å². The number of piperazine rings is 1. The molecule has 4 rings (SSSR count). The first-order valence-corrected chi connectivity index (χ1v) is 9.71. The van der Waals surface area contributed by atoms with Crippen LogP contribution >= 0.6 is 0 Å². The molecule has 0 bridgehead atoms. The van der Waals surface area contributed by atoms with Gasteiger partial charge in [-0.2, -0.15) is 0 Å². The monoisotopic (exact) mass is 394 g/mol. The average molecular weight is 394 g/mol. The SMILES string of the molecule is CC(=O)c1ccc(N2CCN(C(=O)C(C)n3cnc4ccccc43)CC2)c(F)c1. The number of ketones is 1. The van der Waals surface area contributed by atoms with Crippen LogP contribution in [0.2, 0.25) is 0 Å². The number of aromatic nitrogens is 2. The quantitative estimate of drug-likeness (QED) is 0.637. The topological polar surface area (TPSA) is 58.4 Å². The Morgan fingerprint density at radius 1 is 1.07 bits per heavy atom. The minimum absolute atomic E-state index is 0.0280. The molecule has 1 saturated heterocycles. The van der Waals surface area contributed by atoms with Gasteiger partial charge >= 0.3 is 0 Å². The number of fused-ring (bicyclic) bond motifs is 1. The van der Waals surface area contributed by atoms with Gasteiger partial charge in [0.2, 0.25) is 5.91 Å². The van der Waals surface area contributed by atoms with E-state index >= 15 is 0 Å². The van der Waals surface area contributed by atoms with E-state index in [1.165, 1.54) is 13.0 Å². The van der Waals surface area contributed by atoms with Crippen LogP contribution in [0.1, 0.15) is 30.2 Å². The first-order chi connectivity index (χ1) is 14.0. The zero-order valence-corrected chi connectivity index (χ0v) is 16.5. The fraction of sp³-hybridized carbons (Fsp3) is 0.318. The zero-order valence-electron chi connectivity index (χ0n) is 16.5. The number of para-hydroxylation sites is 2. The van der Waals surface area contributed by atoms with Crippen LogP contribution < -0.4 is 4.90 Å². The van der Waals surface area contributed by atoms with Crippen molar-refractivity contribution in [2.24, 2.45) is 0 Å². The minimum Gasteiger partial charge on any atom is -0.366 e. The summed E-state index contributed by atoms with van der Waals surface area (Å²) in [6.07, 6.45) is 1.70. The number of carbonyl (C=O) groups excluding carboxylic acids is 2. The number of halogens is 1. The van der Waals surface area contributed by atoms with Crippen LogP contribution in [0.3, 0.4) is 0 Å². The van der Waals surface area contributed by atoms with Crippen LogP contribution in [0.25, 0.3) is 11.0 Å². The van der Waals surface area contributed by atoms with Gasteiger partial charge in [0.05, 0.1) is 23.0 Å². The molecule has 0 saturated carbocycles. The lowest BCUT2D eigenvalue weighted by molar-refractivity contribution is -0.134. The van der Waals surface area contributed by atoms with Crippen LogP contribution in [-0.4, -0.2) is 52.3 Å². The standard InChI is InChI=1S/C22H23FN4O2/c1-15(27-14-24-19-5-3-4-6-21(19)27)22(29)26-11-9-25(10-12-26)20-8-7-17(16(2)28)13-18(20)23/h3-8,13-15H,9-12H2,1-2H3. The number of imidazole rings is 1. The van der Waals surface area contributed by atoms with Crippen molar-refractivity contribution in [3.8, 4) is 0 Å². The van der Waals surface area contributed by atoms with Gasteiger partial charge in [0.15, 0.2) is 5.78 Å². The molecule has 1 amide bonds. The highest BCUT2D eigenvalue weighted by molar-refractivity contribution is 5.94. The van der Waals surface area contributed by atoms with Crippen molar-refractivity contribution in [3.05, 3.63) is 60.2 Å². The lowest BCUT2D eigenvalue weighted by Crippen LogP contribution is -2.50. The Bertz CT molecular complexity index is 1070. The molecule has 0 spiro atoms. The van der Waals surface area contributed by atoms with Gasteiger partial charge in [-0.05, 0) is 44.2 Å². The Kier molecular flexibility index (Phi) is 5.05. The number of benzene rings is 2. The van der Waals surface area contributed by atoms with E-state index in [0.717, 1.165) is 11.0 Å². The molecular weight excluding hydrogens is 371 g/mol. The molecule has 1 aliphatic heterocycles. The molecule has 1 aromatic heterocycles. The predicted molar refractivity (Wildman–Crippen MR) is 110 cm³/mol. The number of amides is 1. The Balaban J connectivity index is 1.44. The second-order valence-corrected chi connectivity index (χ2v) is 7.35. The van der Waals surface area contributed by atoms with Crippen LogP contribution in [0.5, 0.6) is 0 Å². The van der Waals surface area contributed by atoms with Gasteiger partial charge in [0.25, 0.3) is 0 Å². The normalized spacial score (nSPS) is 15.6. The van der Waals surface area contributed by atoms with Crippen molar-refractivity contribution in [3.63, 3.8) is 0 Å². The summed E-state index contributed by atoms with van der Waals surface area (Å²) in [6.45, 7) is 5.42. The van der Waals surface area contributed by atoms with E-state index in [2.05, 4.69) is 4.98 Å². The molecule has 7 heteroatoms. The van der Waals surface area contributed by atoms with Gasteiger partial charge in [-0.15, -0.1) is 0 Å². The molecule has 1 aliphatic rings. The second kappa shape index (κ2) is 7.66. The second-order valence-electron chi connectivity index (χ2n) is 7.35. The molecular formula is C22H23FN4O2. The molecule has 0 aliphatic carbocycles. The lowest BCUT2D eigenvalue weighted by atomic mass is 10.1. The van der Waals surface area contributed by atoms with E-state index in [9.17, 15) is 14.0 Å². The summed E-state index contributed by atoms with van der Waals surface area (Å²) >= 11 is 0. The summed E-state index contributed by atoms with van der Waals surface area (Å²) < 4.78 is 16.3. The van der Waals surface area contributed by atoms with Crippen molar-refractivity contribution in [1.82, 2.24) is 14.5 Å². The molecule has 29 heavy (non-hydrogen) atoms. The van der Waals surface area contributed by atoms with Crippen LogP contribution in [0.15, 0.2) is 48.8 Å². The molecule has 1 fully saturated rings. The fourth-order valence-corrected chi connectivity index (χ4v) is 3.82. The number of carbonyl (C=O) groups is 2. The van der Waals surface area contributed by atoms with E-state index in [0.29, 0.717) is 37.4 Å². The molecule has 0 radical (unpaired) electrons. The van der Waals surface area contributed by atoms with Gasteiger partial charge in [-0.3, -0.25) is 9.59 Å². The highest BCUT2D eigenvalue weighted by Gasteiger charge is 2.27.